The molecule has 0 N–H and O–H groups in total. The summed E-state index contributed by atoms with van der Waals surface area (Å²) in [5, 5.41) is 0. The molecule has 0 unspecified atom stereocenters. The molecule has 0 atom stereocenters. The summed E-state index contributed by atoms with van der Waals surface area (Å²) in [5.74, 6) is 4.01. The van der Waals surface area contributed by atoms with E-state index in [1.54, 1.807) is 12.1 Å². The van der Waals surface area contributed by atoms with Crippen molar-refractivity contribution < 1.29 is 8.78 Å². The molecular weight excluding hydrogens is 506 g/mol. The van der Waals surface area contributed by atoms with E-state index < -0.39 is 0 Å². The smallest absolute Gasteiger partial charge is 0.131 e. The minimum Gasteiger partial charge on any atom is -0.207 e. The second kappa shape index (κ2) is 15.2. The van der Waals surface area contributed by atoms with Crippen molar-refractivity contribution in [1.82, 2.24) is 0 Å². The number of benzene rings is 2. The summed E-state index contributed by atoms with van der Waals surface area (Å²) in [6.07, 6.45) is 24.8. The summed E-state index contributed by atoms with van der Waals surface area (Å²) in [6, 6.07) is 11.3. The third-order valence-corrected chi connectivity index (χ3v) is 11.6. The fourth-order valence-corrected chi connectivity index (χ4v) is 8.86. The molecule has 0 bridgehead atoms. The van der Waals surface area contributed by atoms with Crippen LogP contribution in [0.2, 0.25) is 0 Å². The Bertz CT molecular complexity index is 1060. The van der Waals surface area contributed by atoms with Crippen LogP contribution >= 0.6 is 0 Å². The maximum absolute atomic E-state index is 15.4. The SMILES string of the molecule is CCCCCC1CCC(C2CCC(c3ccc(-c4ccc(C5CCC(CCCC)CC5)c(F)c4)c(F)c3)CC2)CC1. The number of hydrogen-bond donors (Lipinski definition) is 0. The lowest BCUT2D eigenvalue weighted by Crippen LogP contribution is -2.25. The minimum atomic E-state index is -0.199. The third-order valence-electron chi connectivity index (χ3n) is 11.6. The quantitative estimate of drug-likeness (QED) is 0.239. The lowest BCUT2D eigenvalue weighted by molar-refractivity contribution is 0.155. The Kier molecular flexibility index (Phi) is 11.4. The van der Waals surface area contributed by atoms with Gasteiger partial charge < -0.3 is 0 Å². The van der Waals surface area contributed by atoms with Crippen LogP contribution in [0.15, 0.2) is 36.4 Å². The van der Waals surface area contributed by atoms with E-state index in [-0.39, 0.29) is 11.6 Å². The van der Waals surface area contributed by atoms with E-state index in [9.17, 15) is 0 Å². The molecule has 0 heterocycles. The van der Waals surface area contributed by atoms with Gasteiger partial charge in [0.2, 0.25) is 0 Å². The molecule has 5 rings (SSSR count). The molecule has 41 heavy (non-hydrogen) atoms. The molecule has 2 aromatic rings. The van der Waals surface area contributed by atoms with Crippen LogP contribution in [0.1, 0.15) is 159 Å². The Balaban J connectivity index is 1.13. The fourth-order valence-electron chi connectivity index (χ4n) is 8.86. The highest BCUT2D eigenvalue weighted by atomic mass is 19.1. The molecular formula is C39H56F2. The Labute approximate surface area is 250 Å². The predicted octanol–water partition coefficient (Wildman–Crippen LogP) is 12.8. The largest absolute Gasteiger partial charge is 0.207 e. The van der Waals surface area contributed by atoms with E-state index in [4.69, 9.17) is 0 Å². The average molecular weight is 563 g/mol. The fraction of sp³-hybridized carbons (Fsp3) is 0.692. The van der Waals surface area contributed by atoms with Crippen molar-refractivity contribution >= 4 is 0 Å². The van der Waals surface area contributed by atoms with Crippen LogP contribution in [0.4, 0.5) is 8.78 Å². The van der Waals surface area contributed by atoms with Crippen molar-refractivity contribution in [3.63, 3.8) is 0 Å². The summed E-state index contributed by atoms with van der Waals surface area (Å²) in [7, 11) is 0. The van der Waals surface area contributed by atoms with Crippen molar-refractivity contribution in [3.05, 3.63) is 59.2 Å². The van der Waals surface area contributed by atoms with E-state index in [2.05, 4.69) is 19.9 Å². The van der Waals surface area contributed by atoms with Crippen LogP contribution in [-0.4, -0.2) is 0 Å². The van der Waals surface area contributed by atoms with E-state index in [1.165, 1.54) is 109 Å². The van der Waals surface area contributed by atoms with Crippen LogP contribution in [0.3, 0.4) is 0 Å². The van der Waals surface area contributed by atoms with E-state index in [0.29, 0.717) is 23.0 Å². The van der Waals surface area contributed by atoms with Gasteiger partial charge in [-0.1, -0.05) is 95.9 Å². The molecule has 0 aliphatic heterocycles. The average Bonchev–Trinajstić information content (AvgIpc) is 3.01. The topological polar surface area (TPSA) is 0 Å². The first-order valence-corrected chi connectivity index (χ1v) is 17.6. The molecule has 0 saturated heterocycles. The first-order chi connectivity index (χ1) is 20.1. The van der Waals surface area contributed by atoms with Gasteiger partial charge in [-0.3, -0.25) is 0 Å². The summed E-state index contributed by atoms with van der Waals surface area (Å²) in [6.45, 7) is 4.56. The van der Waals surface area contributed by atoms with Crippen molar-refractivity contribution in [2.24, 2.45) is 23.7 Å². The lowest BCUT2D eigenvalue weighted by Gasteiger charge is -2.38. The predicted molar refractivity (Wildman–Crippen MR) is 170 cm³/mol. The Morgan fingerprint density at radius 1 is 0.561 bits per heavy atom. The van der Waals surface area contributed by atoms with Gasteiger partial charge in [0, 0.05) is 5.56 Å². The maximum Gasteiger partial charge on any atom is 0.131 e. The first kappa shape index (κ1) is 30.7. The van der Waals surface area contributed by atoms with Crippen LogP contribution in [-0.2, 0) is 0 Å². The molecule has 0 amide bonds. The number of unbranched alkanes of at least 4 members (excludes halogenated alkanes) is 3. The van der Waals surface area contributed by atoms with Crippen LogP contribution in [0, 0.1) is 35.3 Å². The highest BCUT2D eigenvalue weighted by molar-refractivity contribution is 5.65. The molecule has 0 spiro atoms. The summed E-state index contributed by atoms with van der Waals surface area (Å²) >= 11 is 0. The maximum atomic E-state index is 15.4. The lowest BCUT2D eigenvalue weighted by atomic mass is 9.68. The van der Waals surface area contributed by atoms with Gasteiger partial charge in [0.15, 0.2) is 0 Å². The van der Waals surface area contributed by atoms with E-state index in [1.807, 2.05) is 18.2 Å². The van der Waals surface area contributed by atoms with Crippen LogP contribution in [0.5, 0.6) is 0 Å². The van der Waals surface area contributed by atoms with Crippen molar-refractivity contribution in [2.75, 3.05) is 0 Å². The van der Waals surface area contributed by atoms with Crippen molar-refractivity contribution in [1.29, 1.82) is 0 Å². The van der Waals surface area contributed by atoms with Crippen LogP contribution < -0.4 is 0 Å². The molecule has 3 fully saturated rings. The second-order valence-corrected chi connectivity index (χ2v) is 14.2. The van der Waals surface area contributed by atoms with Gasteiger partial charge in [0.1, 0.15) is 11.6 Å². The van der Waals surface area contributed by atoms with Gasteiger partial charge in [-0.15, -0.1) is 0 Å². The molecule has 226 valence electrons. The highest BCUT2D eigenvalue weighted by Gasteiger charge is 2.31. The highest BCUT2D eigenvalue weighted by Crippen LogP contribution is 2.45. The van der Waals surface area contributed by atoms with Gasteiger partial charge in [-0.2, -0.15) is 0 Å². The summed E-state index contributed by atoms with van der Waals surface area (Å²) in [4.78, 5) is 0. The first-order valence-electron chi connectivity index (χ1n) is 17.6. The van der Waals surface area contributed by atoms with Gasteiger partial charge in [0.25, 0.3) is 0 Å². The number of hydrogen-bond acceptors (Lipinski definition) is 0. The second-order valence-electron chi connectivity index (χ2n) is 14.2. The molecule has 0 radical (unpaired) electrons. The zero-order chi connectivity index (χ0) is 28.6. The summed E-state index contributed by atoms with van der Waals surface area (Å²) in [5.41, 5.74) is 3.18. The van der Waals surface area contributed by atoms with E-state index in [0.717, 1.165) is 47.6 Å². The summed E-state index contributed by atoms with van der Waals surface area (Å²) < 4.78 is 30.7. The Morgan fingerprint density at radius 3 is 1.76 bits per heavy atom. The number of halogens is 2. The Morgan fingerprint density at radius 2 is 1.15 bits per heavy atom. The standard InChI is InChI=1S/C39H56F2/c1-3-5-7-9-29-10-14-30(15-11-29)31-18-20-32(21-19-31)34-22-24-37(38(40)26-34)35-23-25-36(39(41)27-35)33-16-12-28(13-17-33)8-6-4-2/h22-33H,3-21H2,1-2H3. The Hall–Kier alpha value is -1.70. The zero-order valence-corrected chi connectivity index (χ0v) is 26.1. The van der Waals surface area contributed by atoms with Crippen molar-refractivity contribution in [2.45, 2.75) is 148 Å². The van der Waals surface area contributed by atoms with Gasteiger partial charge in [0.05, 0.1) is 0 Å². The van der Waals surface area contributed by atoms with Gasteiger partial charge in [-0.25, -0.2) is 8.78 Å². The molecule has 2 heteroatoms. The van der Waals surface area contributed by atoms with Crippen molar-refractivity contribution in [3.8, 4) is 11.1 Å². The van der Waals surface area contributed by atoms with E-state index >= 15 is 8.78 Å². The molecule has 3 aliphatic carbocycles. The zero-order valence-electron chi connectivity index (χ0n) is 26.1. The normalized spacial score (nSPS) is 29.0. The molecule has 3 saturated carbocycles. The molecule has 0 aromatic heterocycles. The third kappa shape index (κ3) is 8.03. The van der Waals surface area contributed by atoms with Gasteiger partial charge in [-0.05, 0) is 129 Å². The minimum absolute atomic E-state index is 0.156. The van der Waals surface area contributed by atoms with Gasteiger partial charge >= 0.3 is 0 Å². The monoisotopic (exact) mass is 562 g/mol. The number of rotatable bonds is 11. The molecule has 3 aliphatic rings. The molecule has 0 nitrogen and oxygen atoms in total. The van der Waals surface area contributed by atoms with Crippen LogP contribution in [0.25, 0.3) is 11.1 Å². The molecule has 2 aromatic carbocycles.